The average molecular weight is 235 g/mol. The number of benzene rings is 1. The molecule has 3 aromatic rings. The third-order valence-electron chi connectivity index (χ3n) is 3.14. The number of hydrogen-bond donors (Lipinski definition) is 0. The molecule has 0 aliphatic heterocycles. The third-order valence-corrected chi connectivity index (χ3v) is 3.14. The summed E-state index contributed by atoms with van der Waals surface area (Å²) < 4.78 is 2.05. The van der Waals surface area contributed by atoms with Gasteiger partial charge in [0.2, 0.25) is 0 Å². The summed E-state index contributed by atoms with van der Waals surface area (Å²) in [5.74, 6) is 0. The fraction of sp³-hybridized carbons (Fsp3) is 0.0625. The molecule has 0 saturated heterocycles. The van der Waals surface area contributed by atoms with Crippen molar-refractivity contribution >= 4 is 5.52 Å². The van der Waals surface area contributed by atoms with Crippen molar-refractivity contribution in [2.75, 3.05) is 0 Å². The summed E-state index contributed by atoms with van der Waals surface area (Å²) >= 11 is 0. The van der Waals surface area contributed by atoms with Gasteiger partial charge in [0.1, 0.15) is 0 Å². The van der Waals surface area contributed by atoms with Crippen LogP contribution >= 0.6 is 0 Å². The maximum absolute atomic E-state index is 12.2. The van der Waals surface area contributed by atoms with Crippen LogP contribution in [0.25, 0.3) is 16.6 Å². The van der Waals surface area contributed by atoms with Gasteiger partial charge in [-0.1, -0.05) is 36.4 Å². The van der Waals surface area contributed by atoms with Crippen LogP contribution in [0, 0.1) is 6.92 Å². The Balaban J connectivity index is 2.46. The standard InChI is InChI=1S/C16H13NO/c1-12-11-15(18)16(13-7-3-2-4-8-13)14-9-5-6-10-17(12)14/h2-11H,1H3. The summed E-state index contributed by atoms with van der Waals surface area (Å²) in [6.07, 6.45) is 1.98. The van der Waals surface area contributed by atoms with Crippen LogP contribution in [0.2, 0.25) is 0 Å². The van der Waals surface area contributed by atoms with E-state index in [2.05, 4.69) is 0 Å². The maximum Gasteiger partial charge on any atom is 0.190 e. The second-order valence-corrected chi connectivity index (χ2v) is 4.35. The number of hydrogen-bond acceptors (Lipinski definition) is 1. The summed E-state index contributed by atoms with van der Waals surface area (Å²) in [6, 6.07) is 17.4. The van der Waals surface area contributed by atoms with Gasteiger partial charge in [-0.25, -0.2) is 0 Å². The summed E-state index contributed by atoms with van der Waals surface area (Å²) in [5.41, 5.74) is 3.71. The van der Waals surface area contributed by atoms with Gasteiger partial charge in [0.15, 0.2) is 5.43 Å². The largest absolute Gasteiger partial charge is 0.320 e. The van der Waals surface area contributed by atoms with E-state index in [1.807, 2.05) is 66.1 Å². The molecule has 0 bridgehead atoms. The van der Waals surface area contributed by atoms with Crippen LogP contribution in [0.3, 0.4) is 0 Å². The zero-order valence-electron chi connectivity index (χ0n) is 10.1. The first-order valence-electron chi connectivity index (χ1n) is 5.94. The fourth-order valence-electron chi connectivity index (χ4n) is 2.31. The molecule has 3 rings (SSSR count). The molecule has 0 radical (unpaired) electrons. The lowest BCUT2D eigenvalue weighted by Crippen LogP contribution is -2.09. The Labute approximate surface area is 105 Å². The van der Waals surface area contributed by atoms with E-state index in [0.717, 1.165) is 22.3 Å². The first kappa shape index (κ1) is 10.8. The van der Waals surface area contributed by atoms with Gasteiger partial charge in [-0.2, -0.15) is 0 Å². The van der Waals surface area contributed by atoms with Gasteiger partial charge in [0.25, 0.3) is 0 Å². The molecule has 1 aromatic carbocycles. The Bertz CT molecular complexity index is 757. The summed E-state index contributed by atoms with van der Waals surface area (Å²) in [7, 11) is 0. The Morgan fingerprint density at radius 1 is 0.944 bits per heavy atom. The number of fused-ring (bicyclic) bond motifs is 1. The molecule has 0 atom stereocenters. The van der Waals surface area contributed by atoms with E-state index in [4.69, 9.17) is 0 Å². The van der Waals surface area contributed by atoms with Crippen LogP contribution in [0.4, 0.5) is 0 Å². The highest BCUT2D eigenvalue weighted by Gasteiger charge is 2.08. The molecule has 2 aromatic heterocycles. The predicted molar refractivity (Wildman–Crippen MR) is 73.8 cm³/mol. The lowest BCUT2D eigenvalue weighted by atomic mass is 10.0. The van der Waals surface area contributed by atoms with Crippen molar-refractivity contribution in [2.24, 2.45) is 0 Å². The lowest BCUT2D eigenvalue weighted by molar-refractivity contribution is 1.07. The third kappa shape index (κ3) is 1.63. The summed E-state index contributed by atoms with van der Waals surface area (Å²) in [4.78, 5) is 12.2. The molecular weight excluding hydrogens is 222 g/mol. The van der Waals surface area contributed by atoms with E-state index in [1.165, 1.54) is 0 Å². The van der Waals surface area contributed by atoms with Gasteiger partial charge in [-0.05, 0) is 24.6 Å². The average Bonchev–Trinajstić information content (AvgIpc) is 2.40. The zero-order chi connectivity index (χ0) is 12.5. The van der Waals surface area contributed by atoms with E-state index < -0.39 is 0 Å². The quantitative estimate of drug-likeness (QED) is 0.634. The van der Waals surface area contributed by atoms with Gasteiger partial charge < -0.3 is 4.40 Å². The topological polar surface area (TPSA) is 21.5 Å². The van der Waals surface area contributed by atoms with Crippen molar-refractivity contribution < 1.29 is 0 Å². The minimum atomic E-state index is 0.0740. The van der Waals surface area contributed by atoms with E-state index in [-0.39, 0.29) is 5.43 Å². The Morgan fingerprint density at radius 3 is 2.44 bits per heavy atom. The zero-order valence-corrected chi connectivity index (χ0v) is 10.1. The van der Waals surface area contributed by atoms with Gasteiger partial charge in [0.05, 0.1) is 11.1 Å². The second kappa shape index (κ2) is 4.15. The van der Waals surface area contributed by atoms with Crippen LogP contribution in [-0.4, -0.2) is 4.40 Å². The molecule has 0 fully saturated rings. The molecule has 18 heavy (non-hydrogen) atoms. The molecule has 88 valence electrons. The molecule has 0 N–H and O–H groups in total. The number of rotatable bonds is 1. The number of aromatic nitrogens is 1. The van der Waals surface area contributed by atoms with Crippen LogP contribution in [0.15, 0.2) is 65.6 Å². The van der Waals surface area contributed by atoms with Gasteiger partial charge in [-0.15, -0.1) is 0 Å². The highest BCUT2D eigenvalue weighted by molar-refractivity contribution is 5.80. The van der Waals surface area contributed by atoms with Crippen molar-refractivity contribution in [3.63, 3.8) is 0 Å². The SMILES string of the molecule is Cc1cc(=O)c(-c2ccccc2)c2ccccn12. The fourth-order valence-corrected chi connectivity index (χ4v) is 2.31. The van der Waals surface area contributed by atoms with Crippen LogP contribution in [0.5, 0.6) is 0 Å². The highest BCUT2D eigenvalue weighted by Crippen LogP contribution is 2.21. The molecule has 0 aliphatic carbocycles. The molecule has 0 amide bonds. The maximum atomic E-state index is 12.2. The van der Waals surface area contributed by atoms with Crippen molar-refractivity contribution in [3.8, 4) is 11.1 Å². The molecule has 2 nitrogen and oxygen atoms in total. The highest BCUT2D eigenvalue weighted by atomic mass is 16.1. The Kier molecular flexibility index (Phi) is 2.49. The molecule has 0 spiro atoms. The first-order chi connectivity index (χ1) is 8.77. The van der Waals surface area contributed by atoms with Crippen LogP contribution < -0.4 is 5.43 Å². The van der Waals surface area contributed by atoms with E-state index >= 15 is 0 Å². The number of pyridine rings is 2. The Hall–Kier alpha value is -2.35. The van der Waals surface area contributed by atoms with Crippen molar-refractivity contribution in [1.82, 2.24) is 4.40 Å². The van der Waals surface area contributed by atoms with E-state index in [9.17, 15) is 4.79 Å². The van der Waals surface area contributed by atoms with Crippen molar-refractivity contribution in [1.29, 1.82) is 0 Å². The molecule has 0 saturated carbocycles. The molecule has 2 heteroatoms. The summed E-state index contributed by atoms with van der Waals surface area (Å²) in [6.45, 7) is 1.95. The number of aryl methyl sites for hydroxylation is 1. The first-order valence-corrected chi connectivity index (χ1v) is 5.94. The van der Waals surface area contributed by atoms with Gasteiger partial charge in [-0.3, -0.25) is 4.79 Å². The smallest absolute Gasteiger partial charge is 0.190 e. The van der Waals surface area contributed by atoms with E-state index in [0.29, 0.717) is 0 Å². The van der Waals surface area contributed by atoms with E-state index in [1.54, 1.807) is 6.07 Å². The molecule has 0 unspecified atom stereocenters. The summed E-state index contributed by atoms with van der Waals surface area (Å²) in [5, 5.41) is 0. The van der Waals surface area contributed by atoms with Gasteiger partial charge >= 0.3 is 0 Å². The predicted octanol–water partition coefficient (Wildman–Crippen LogP) is 3.27. The number of nitrogens with zero attached hydrogens (tertiary/aromatic N) is 1. The van der Waals surface area contributed by atoms with Gasteiger partial charge in [0, 0.05) is 18.0 Å². The molecule has 2 heterocycles. The minimum Gasteiger partial charge on any atom is -0.320 e. The van der Waals surface area contributed by atoms with Crippen LogP contribution in [-0.2, 0) is 0 Å². The monoisotopic (exact) mass is 235 g/mol. The lowest BCUT2D eigenvalue weighted by Gasteiger charge is -2.10. The minimum absolute atomic E-state index is 0.0740. The van der Waals surface area contributed by atoms with Crippen LogP contribution in [0.1, 0.15) is 5.69 Å². The Morgan fingerprint density at radius 2 is 1.67 bits per heavy atom. The molecule has 0 aliphatic rings. The van der Waals surface area contributed by atoms with Crippen molar-refractivity contribution in [2.45, 2.75) is 6.92 Å². The second-order valence-electron chi connectivity index (χ2n) is 4.35. The normalized spacial score (nSPS) is 10.7. The molecular formula is C16H13NO. The van der Waals surface area contributed by atoms with Crippen molar-refractivity contribution in [3.05, 3.63) is 76.7 Å².